The van der Waals surface area contributed by atoms with Gasteiger partial charge in [0.05, 0.1) is 23.9 Å². The molecule has 0 aliphatic rings. The molecule has 2 amide bonds. The standard InChI is InChI=1S/C20H22N4O2/c1-23(20(26)16-8-3-2-4-9-16)14-19(25)21-12-7-13-24-15-22-17-10-5-6-11-18(17)24/h2-6,8-11,15H,7,12-14H2,1H3,(H,21,25). The van der Waals surface area contributed by atoms with Crippen molar-refractivity contribution < 1.29 is 9.59 Å². The van der Waals surface area contributed by atoms with E-state index >= 15 is 0 Å². The second-order valence-electron chi connectivity index (χ2n) is 6.16. The summed E-state index contributed by atoms with van der Waals surface area (Å²) in [6, 6.07) is 16.9. The van der Waals surface area contributed by atoms with Crippen molar-refractivity contribution in [1.82, 2.24) is 19.8 Å². The molecule has 0 radical (unpaired) electrons. The SMILES string of the molecule is CN(CC(=O)NCCCn1cnc2ccccc21)C(=O)c1ccccc1. The molecule has 0 aliphatic carbocycles. The summed E-state index contributed by atoms with van der Waals surface area (Å²) in [5.74, 6) is -0.321. The largest absolute Gasteiger partial charge is 0.354 e. The molecule has 1 heterocycles. The molecule has 6 heteroatoms. The van der Waals surface area contributed by atoms with Crippen molar-refractivity contribution in [2.75, 3.05) is 20.1 Å². The topological polar surface area (TPSA) is 67.2 Å². The van der Waals surface area contributed by atoms with Crippen LogP contribution in [0.4, 0.5) is 0 Å². The van der Waals surface area contributed by atoms with E-state index in [1.165, 1.54) is 4.90 Å². The van der Waals surface area contributed by atoms with Gasteiger partial charge in [-0.1, -0.05) is 30.3 Å². The van der Waals surface area contributed by atoms with Crippen molar-refractivity contribution in [1.29, 1.82) is 0 Å². The van der Waals surface area contributed by atoms with Gasteiger partial charge >= 0.3 is 0 Å². The maximum Gasteiger partial charge on any atom is 0.254 e. The number of benzene rings is 2. The molecular weight excluding hydrogens is 328 g/mol. The lowest BCUT2D eigenvalue weighted by atomic mass is 10.2. The first-order valence-corrected chi connectivity index (χ1v) is 8.62. The second kappa shape index (κ2) is 8.29. The van der Waals surface area contributed by atoms with Gasteiger partial charge in [-0.3, -0.25) is 9.59 Å². The summed E-state index contributed by atoms with van der Waals surface area (Å²) in [6.45, 7) is 1.38. The molecule has 0 saturated heterocycles. The van der Waals surface area contributed by atoms with Crippen LogP contribution >= 0.6 is 0 Å². The molecule has 1 N–H and O–H groups in total. The molecule has 0 fully saturated rings. The number of carbonyl (C=O) groups is 2. The Morgan fingerprint density at radius 1 is 1.08 bits per heavy atom. The summed E-state index contributed by atoms with van der Waals surface area (Å²) >= 11 is 0. The van der Waals surface area contributed by atoms with E-state index in [1.807, 2.05) is 36.7 Å². The highest BCUT2D eigenvalue weighted by atomic mass is 16.2. The first kappa shape index (κ1) is 17.7. The number of aromatic nitrogens is 2. The first-order chi connectivity index (χ1) is 12.6. The van der Waals surface area contributed by atoms with Crippen LogP contribution in [0.3, 0.4) is 0 Å². The number of fused-ring (bicyclic) bond motifs is 1. The van der Waals surface area contributed by atoms with Gasteiger partial charge in [0, 0.05) is 25.7 Å². The number of carbonyl (C=O) groups excluding carboxylic acids is 2. The van der Waals surface area contributed by atoms with Gasteiger partial charge in [0.25, 0.3) is 5.91 Å². The van der Waals surface area contributed by atoms with E-state index in [0.717, 1.165) is 24.0 Å². The average Bonchev–Trinajstić information content (AvgIpc) is 3.08. The summed E-state index contributed by atoms with van der Waals surface area (Å²) in [7, 11) is 1.63. The minimum Gasteiger partial charge on any atom is -0.354 e. The Labute approximate surface area is 152 Å². The van der Waals surface area contributed by atoms with E-state index < -0.39 is 0 Å². The maximum absolute atomic E-state index is 12.2. The molecule has 0 bridgehead atoms. The van der Waals surface area contributed by atoms with Crippen molar-refractivity contribution >= 4 is 22.8 Å². The van der Waals surface area contributed by atoms with E-state index in [1.54, 1.807) is 31.3 Å². The van der Waals surface area contributed by atoms with Gasteiger partial charge in [-0.25, -0.2) is 4.98 Å². The summed E-state index contributed by atoms with van der Waals surface area (Å²) in [5, 5.41) is 2.86. The zero-order chi connectivity index (χ0) is 18.4. The molecule has 0 saturated carbocycles. The summed E-state index contributed by atoms with van der Waals surface area (Å²) in [5.41, 5.74) is 2.64. The molecule has 3 rings (SSSR count). The molecule has 26 heavy (non-hydrogen) atoms. The quantitative estimate of drug-likeness (QED) is 0.665. The van der Waals surface area contributed by atoms with E-state index in [9.17, 15) is 9.59 Å². The van der Waals surface area contributed by atoms with Gasteiger partial charge in [-0.15, -0.1) is 0 Å². The monoisotopic (exact) mass is 350 g/mol. The Morgan fingerprint density at radius 2 is 1.81 bits per heavy atom. The molecular formula is C20H22N4O2. The number of amides is 2. The van der Waals surface area contributed by atoms with Crippen molar-refractivity contribution in [3.8, 4) is 0 Å². The lowest BCUT2D eigenvalue weighted by Crippen LogP contribution is -2.38. The molecule has 2 aromatic carbocycles. The molecule has 6 nitrogen and oxygen atoms in total. The fourth-order valence-corrected chi connectivity index (χ4v) is 2.81. The highest BCUT2D eigenvalue weighted by Crippen LogP contribution is 2.11. The Balaban J connectivity index is 1.42. The molecule has 0 atom stereocenters. The molecule has 134 valence electrons. The Bertz CT molecular complexity index is 889. The molecule has 0 unspecified atom stereocenters. The van der Waals surface area contributed by atoms with Gasteiger partial charge in [-0.05, 0) is 30.7 Å². The van der Waals surface area contributed by atoms with Crippen molar-refractivity contribution in [3.63, 3.8) is 0 Å². The number of nitrogens with one attached hydrogen (secondary N) is 1. The lowest BCUT2D eigenvalue weighted by molar-refractivity contribution is -0.121. The van der Waals surface area contributed by atoms with Crippen molar-refractivity contribution in [2.24, 2.45) is 0 Å². The third-order valence-corrected chi connectivity index (χ3v) is 4.17. The molecule has 0 spiro atoms. The van der Waals surface area contributed by atoms with Gasteiger partial charge in [0.1, 0.15) is 0 Å². The highest BCUT2D eigenvalue weighted by molar-refractivity contribution is 5.96. The number of aryl methyl sites for hydroxylation is 1. The van der Waals surface area contributed by atoms with Crippen LogP contribution in [0.1, 0.15) is 16.8 Å². The number of para-hydroxylation sites is 2. The Hall–Kier alpha value is -3.15. The lowest BCUT2D eigenvalue weighted by Gasteiger charge is -2.17. The van der Waals surface area contributed by atoms with E-state index in [4.69, 9.17) is 0 Å². The van der Waals surface area contributed by atoms with Crippen LogP contribution < -0.4 is 5.32 Å². The minimum absolute atomic E-state index is 0.0434. The highest BCUT2D eigenvalue weighted by Gasteiger charge is 2.14. The predicted molar refractivity (Wildman–Crippen MR) is 101 cm³/mol. The van der Waals surface area contributed by atoms with Crippen LogP contribution in [-0.2, 0) is 11.3 Å². The number of hydrogen-bond donors (Lipinski definition) is 1. The van der Waals surface area contributed by atoms with Crippen LogP contribution in [0.25, 0.3) is 11.0 Å². The zero-order valence-electron chi connectivity index (χ0n) is 14.8. The zero-order valence-corrected chi connectivity index (χ0v) is 14.8. The van der Waals surface area contributed by atoms with Crippen LogP contribution in [0.15, 0.2) is 60.9 Å². The van der Waals surface area contributed by atoms with E-state index in [-0.39, 0.29) is 18.4 Å². The van der Waals surface area contributed by atoms with Crippen LogP contribution in [0.5, 0.6) is 0 Å². The Morgan fingerprint density at radius 3 is 2.62 bits per heavy atom. The van der Waals surface area contributed by atoms with Gasteiger partial charge in [0.15, 0.2) is 0 Å². The normalized spacial score (nSPS) is 10.7. The summed E-state index contributed by atoms with van der Waals surface area (Å²) < 4.78 is 2.08. The van der Waals surface area contributed by atoms with E-state index in [2.05, 4.69) is 14.9 Å². The number of imidazole rings is 1. The predicted octanol–water partition coefficient (Wildman–Crippen LogP) is 2.31. The number of rotatable bonds is 7. The third kappa shape index (κ3) is 4.27. The van der Waals surface area contributed by atoms with E-state index in [0.29, 0.717) is 12.1 Å². The first-order valence-electron chi connectivity index (χ1n) is 8.62. The third-order valence-electron chi connectivity index (χ3n) is 4.17. The van der Waals surface area contributed by atoms with Crippen molar-refractivity contribution in [2.45, 2.75) is 13.0 Å². The second-order valence-corrected chi connectivity index (χ2v) is 6.16. The Kier molecular flexibility index (Phi) is 5.63. The summed E-state index contributed by atoms with van der Waals surface area (Å²) in [4.78, 5) is 30.0. The van der Waals surface area contributed by atoms with Crippen molar-refractivity contribution in [3.05, 3.63) is 66.5 Å². The van der Waals surface area contributed by atoms with Crippen LogP contribution in [-0.4, -0.2) is 46.4 Å². The maximum atomic E-state index is 12.2. The average molecular weight is 350 g/mol. The minimum atomic E-state index is -0.161. The van der Waals surface area contributed by atoms with Crippen LogP contribution in [0.2, 0.25) is 0 Å². The number of likely N-dealkylation sites (N-methyl/N-ethyl adjacent to an activating group) is 1. The molecule has 0 aliphatic heterocycles. The number of nitrogens with zero attached hydrogens (tertiary/aromatic N) is 3. The smallest absolute Gasteiger partial charge is 0.254 e. The van der Waals surface area contributed by atoms with Gasteiger partial charge in [-0.2, -0.15) is 0 Å². The fourth-order valence-electron chi connectivity index (χ4n) is 2.81. The fraction of sp³-hybridized carbons (Fsp3) is 0.250. The van der Waals surface area contributed by atoms with Crippen LogP contribution in [0, 0.1) is 0 Å². The molecule has 1 aromatic heterocycles. The summed E-state index contributed by atoms with van der Waals surface area (Å²) in [6.07, 6.45) is 2.61. The number of hydrogen-bond acceptors (Lipinski definition) is 3. The molecule has 3 aromatic rings. The van der Waals surface area contributed by atoms with Gasteiger partial charge in [0.2, 0.25) is 5.91 Å². The van der Waals surface area contributed by atoms with Gasteiger partial charge < -0.3 is 14.8 Å².